The first-order valence-corrected chi connectivity index (χ1v) is 9.63. The number of hydrogen-bond acceptors (Lipinski definition) is 2. The van der Waals surface area contributed by atoms with E-state index in [2.05, 4.69) is 24.3 Å². The van der Waals surface area contributed by atoms with Crippen LogP contribution in [-0.2, 0) is 0 Å². The summed E-state index contributed by atoms with van der Waals surface area (Å²) in [5.41, 5.74) is 1.68. The maximum atomic E-state index is 13.6. The predicted molar refractivity (Wildman–Crippen MR) is 116 cm³/mol. The van der Waals surface area contributed by atoms with E-state index in [-0.39, 0.29) is 11.8 Å². The molecular weight excluding hydrogens is 358 g/mol. The van der Waals surface area contributed by atoms with E-state index in [9.17, 15) is 9.59 Å². The zero-order valence-electron chi connectivity index (χ0n) is 15.3. The minimum absolute atomic E-state index is 0.238. The van der Waals surface area contributed by atoms with E-state index in [4.69, 9.17) is 0 Å². The third-order valence-electron chi connectivity index (χ3n) is 6.27. The molecule has 0 spiro atoms. The van der Waals surface area contributed by atoms with Gasteiger partial charge in [0.25, 0.3) is 11.8 Å². The van der Waals surface area contributed by atoms with E-state index in [1.807, 2.05) is 54.6 Å². The maximum absolute atomic E-state index is 13.6. The van der Waals surface area contributed by atoms with Crippen LogP contribution in [0, 0.1) is 0 Å². The van der Waals surface area contributed by atoms with Crippen LogP contribution in [0.25, 0.3) is 43.1 Å². The first kappa shape index (κ1) is 15.0. The molecular formula is C26H13NO2. The highest BCUT2D eigenvalue weighted by Gasteiger charge is 2.41. The lowest BCUT2D eigenvalue weighted by molar-refractivity contribution is 0.0927. The Morgan fingerprint density at radius 2 is 0.828 bits per heavy atom. The maximum Gasteiger partial charge on any atom is 0.266 e. The Balaban J connectivity index is 1.74. The molecule has 8 aromatic rings. The number of rotatable bonds is 1. The average molecular weight is 371 g/mol. The molecule has 2 amide bonds. The molecule has 1 aliphatic rings. The predicted octanol–water partition coefficient (Wildman–Crippen LogP) is 5.98. The molecule has 0 saturated heterocycles. The molecule has 9 rings (SSSR count). The molecule has 0 aromatic heterocycles. The number of benzene rings is 8. The van der Waals surface area contributed by atoms with Crippen molar-refractivity contribution in [2.24, 2.45) is 0 Å². The second-order valence-corrected chi connectivity index (χ2v) is 7.69. The summed E-state index contributed by atoms with van der Waals surface area (Å²) < 4.78 is 0. The van der Waals surface area contributed by atoms with Crippen LogP contribution < -0.4 is 4.90 Å². The topological polar surface area (TPSA) is 37.4 Å². The summed E-state index contributed by atoms with van der Waals surface area (Å²) in [6, 6.07) is 25.7. The second kappa shape index (κ2) is 4.89. The van der Waals surface area contributed by atoms with Gasteiger partial charge in [0.2, 0.25) is 0 Å². The van der Waals surface area contributed by atoms with Gasteiger partial charge in [-0.1, -0.05) is 66.7 Å². The van der Waals surface area contributed by atoms with Crippen molar-refractivity contribution in [2.75, 3.05) is 4.90 Å². The van der Waals surface area contributed by atoms with Gasteiger partial charge in [-0.05, 0) is 44.5 Å². The normalized spacial score (nSPS) is 14.3. The van der Waals surface area contributed by atoms with E-state index in [0.29, 0.717) is 16.8 Å². The fourth-order valence-electron chi connectivity index (χ4n) is 5.07. The number of carbonyl (C=O) groups is 2. The van der Waals surface area contributed by atoms with E-state index in [0.717, 1.165) is 43.1 Å². The minimum Gasteiger partial charge on any atom is -0.268 e. The Labute approximate surface area is 165 Å². The van der Waals surface area contributed by atoms with Crippen molar-refractivity contribution in [3.05, 3.63) is 90.0 Å². The SMILES string of the molecule is O=C1c2c(c3c4ccc(cc4)c3c3c4ccc(cc4)c23)C(=O)N1c1ccccc1. The molecule has 0 aliphatic carbocycles. The molecule has 0 atom stereocenters. The van der Waals surface area contributed by atoms with Crippen molar-refractivity contribution in [1.82, 2.24) is 0 Å². The third-order valence-corrected chi connectivity index (χ3v) is 6.27. The monoisotopic (exact) mass is 371 g/mol. The highest BCUT2D eigenvalue weighted by molar-refractivity contribution is 6.47. The molecule has 4 bridgehead atoms. The Morgan fingerprint density at radius 3 is 1.24 bits per heavy atom. The minimum atomic E-state index is -0.238. The van der Waals surface area contributed by atoms with Crippen molar-refractivity contribution in [2.45, 2.75) is 0 Å². The van der Waals surface area contributed by atoms with Crippen molar-refractivity contribution in [1.29, 1.82) is 0 Å². The summed E-state index contributed by atoms with van der Waals surface area (Å²) in [5.74, 6) is -0.476. The Morgan fingerprint density at radius 1 is 0.448 bits per heavy atom. The summed E-state index contributed by atoms with van der Waals surface area (Å²) in [5, 5.41) is 8.13. The standard InChI is InChI=1S/C26H13NO2/c28-25-23-21-16-10-6-14(7-11-16)19(21)20-15-8-12-17(13-9-15)22(20)24(23)26(29)27(25)18-4-2-1-3-5-18/h1-13H. The molecule has 29 heavy (non-hydrogen) atoms. The zero-order chi connectivity index (χ0) is 19.3. The van der Waals surface area contributed by atoms with Gasteiger partial charge in [-0.25, -0.2) is 4.90 Å². The zero-order valence-corrected chi connectivity index (χ0v) is 15.3. The molecule has 8 aromatic carbocycles. The lowest BCUT2D eigenvalue weighted by atomic mass is 9.84. The summed E-state index contributed by atoms with van der Waals surface area (Å²) >= 11 is 0. The van der Waals surface area contributed by atoms with Crippen LogP contribution in [0.3, 0.4) is 0 Å². The van der Waals surface area contributed by atoms with Crippen LogP contribution in [-0.4, -0.2) is 11.8 Å². The fourth-order valence-corrected chi connectivity index (χ4v) is 5.07. The number of carbonyl (C=O) groups excluding carboxylic acids is 2. The van der Waals surface area contributed by atoms with E-state index in [1.165, 1.54) is 4.90 Å². The van der Waals surface area contributed by atoms with Gasteiger partial charge >= 0.3 is 0 Å². The van der Waals surface area contributed by atoms with Crippen molar-refractivity contribution < 1.29 is 9.59 Å². The molecule has 0 radical (unpaired) electrons. The van der Waals surface area contributed by atoms with Gasteiger partial charge in [-0.2, -0.15) is 0 Å². The molecule has 0 fully saturated rings. The molecule has 1 heterocycles. The van der Waals surface area contributed by atoms with Crippen LogP contribution in [0.1, 0.15) is 20.7 Å². The first-order valence-electron chi connectivity index (χ1n) is 9.63. The van der Waals surface area contributed by atoms with Crippen molar-refractivity contribution in [3.8, 4) is 0 Å². The molecule has 3 heteroatoms. The van der Waals surface area contributed by atoms with Gasteiger partial charge < -0.3 is 0 Å². The van der Waals surface area contributed by atoms with Gasteiger partial charge in [0.1, 0.15) is 0 Å². The van der Waals surface area contributed by atoms with Crippen LogP contribution >= 0.6 is 0 Å². The van der Waals surface area contributed by atoms with Crippen LogP contribution in [0.2, 0.25) is 0 Å². The molecule has 134 valence electrons. The number of hydrogen-bond donors (Lipinski definition) is 0. The number of fused-ring (bicyclic) bond motifs is 5. The Bertz CT molecular complexity index is 1490. The summed E-state index contributed by atoms with van der Waals surface area (Å²) in [6.45, 7) is 0. The third kappa shape index (κ3) is 1.65. The van der Waals surface area contributed by atoms with Crippen LogP contribution in [0.15, 0.2) is 78.9 Å². The fraction of sp³-hybridized carbons (Fsp3) is 0. The van der Waals surface area contributed by atoms with Crippen LogP contribution in [0.5, 0.6) is 0 Å². The van der Waals surface area contributed by atoms with Crippen molar-refractivity contribution >= 4 is 60.6 Å². The number of para-hydroxylation sites is 1. The van der Waals surface area contributed by atoms with Crippen molar-refractivity contribution in [3.63, 3.8) is 0 Å². The molecule has 0 unspecified atom stereocenters. The highest BCUT2D eigenvalue weighted by atomic mass is 16.2. The van der Waals surface area contributed by atoms with Gasteiger partial charge in [-0.15, -0.1) is 0 Å². The lowest BCUT2D eigenvalue weighted by Crippen LogP contribution is -2.29. The van der Waals surface area contributed by atoms with E-state index in [1.54, 1.807) is 0 Å². The first-order chi connectivity index (χ1) is 14.2. The summed E-state index contributed by atoms with van der Waals surface area (Å²) in [4.78, 5) is 28.6. The molecule has 0 N–H and O–H groups in total. The quantitative estimate of drug-likeness (QED) is 0.263. The van der Waals surface area contributed by atoms with Gasteiger partial charge in [0.05, 0.1) is 16.8 Å². The largest absolute Gasteiger partial charge is 0.268 e. The van der Waals surface area contributed by atoms with Gasteiger partial charge in [0.15, 0.2) is 0 Å². The highest BCUT2D eigenvalue weighted by Crippen LogP contribution is 2.46. The van der Waals surface area contributed by atoms with Crippen LogP contribution in [0.4, 0.5) is 5.69 Å². The van der Waals surface area contributed by atoms with Gasteiger partial charge in [0, 0.05) is 10.8 Å². The van der Waals surface area contributed by atoms with Gasteiger partial charge in [-0.3, -0.25) is 9.59 Å². The molecule has 1 aliphatic heterocycles. The number of amides is 2. The molecule has 3 nitrogen and oxygen atoms in total. The average Bonchev–Trinajstić information content (AvgIpc) is 3.06. The smallest absolute Gasteiger partial charge is 0.266 e. The van der Waals surface area contributed by atoms with E-state index >= 15 is 0 Å². The summed E-state index contributed by atoms with van der Waals surface area (Å²) in [7, 11) is 0. The number of imide groups is 1. The lowest BCUT2D eigenvalue weighted by Gasteiger charge is -2.17. The second-order valence-electron chi connectivity index (χ2n) is 7.69. The number of anilines is 1. The summed E-state index contributed by atoms with van der Waals surface area (Å²) in [6.07, 6.45) is 0. The Kier molecular flexibility index (Phi) is 2.53. The number of nitrogens with zero attached hydrogens (tertiary/aromatic N) is 1. The molecule has 0 saturated carbocycles. The van der Waals surface area contributed by atoms with E-state index < -0.39 is 0 Å². The Hall–Kier alpha value is -3.98.